The van der Waals surface area contributed by atoms with E-state index in [1.807, 2.05) is 0 Å². The summed E-state index contributed by atoms with van der Waals surface area (Å²) in [6.07, 6.45) is 0.320. The number of hydrogen-bond donors (Lipinski definition) is 2. The lowest BCUT2D eigenvalue weighted by Crippen LogP contribution is -2.26. The SMILES string of the molecule is Cc1n[nH]c(=O)c(C(=O)O)c1CCC(=O)N(C)C. The highest BCUT2D eigenvalue weighted by Gasteiger charge is 2.19. The van der Waals surface area contributed by atoms with Gasteiger partial charge in [0.25, 0.3) is 5.56 Å². The van der Waals surface area contributed by atoms with Crippen LogP contribution < -0.4 is 5.56 Å². The van der Waals surface area contributed by atoms with Crippen LogP contribution in [0.4, 0.5) is 0 Å². The fourth-order valence-corrected chi connectivity index (χ4v) is 1.56. The first-order valence-corrected chi connectivity index (χ1v) is 5.36. The molecule has 0 spiro atoms. The average molecular weight is 253 g/mol. The molecule has 7 heteroatoms. The number of carbonyl (C=O) groups is 2. The molecule has 1 aromatic heterocycles. The van der Waals surface area contributed by atoms with Crippen molar-refractivity contribution in [3.05, 3.63) is 27.2 Å². The first kappa shape index (κ1) is 13.9. The van der Waals surface area contributed by atoms with Crippen LogP contribution in [0.2, 0.25) is 0 Å². The maximum Gasteiger partial charge on any atom is 0.341 e. The van der Waals surface area contributed by atoms with Gasteiger partial charge in [0.1, 0.15) is 5.56 Å². The standard InChI is InChI=1S/C11H15N3O4/c1-6-7(4-5-8(15)14(2)3)9(11(17)18)10(16)13-12-6/h4-5H2,1-3H3,(H,13,16)(H,17,18). The molecular formula is C11H15N3O4. The zero-order valence-electron chi connectivity index (χ0n) is 10.5. The lowest BCUT2D eigenvalue weighted by Gasteiger charge is -2.11. The number of aryl methyl sites for hydroxylation is 1. The molecule has 7 nitrogen and oxygen atoms in total. The monoisotopic (exact) mass is 253 g/mol. The van der Waals surface area contributed by atoms with Crippen LogP contribution in [0.1, 0.15) is 28.0 Å². The summed E-state index contributed by atoms with van der Waals surface area (Å²) < 4.78 is 0. The van der Waals surface area contributed by atoms with Crippen molar-refractivity contribution in [2.24, 2.45) is 0 Å². The number of hydrogen-bond acceptors (Lipinski definition) is 4. The summed E-state index contributed by atoms with van der Waals surface area (Å²) >= 11 is 0. The van der Waals surface area contributed by atoms with Gasteiger partial charge in [0, 0.05) is 20.5 Å². The summed E-state index contributed by atoms with van der Waals surface area (Å²) in [5, 5.41) is 14.8. The van der Waals surface area contributed by atoms with Crippen LogP contribution >= 0.6 is 0 Å². The molecule has 0 saturated heterocycles. The molecule has 0 radical (unpaired) electrons. The van der Waals surface area contributed by atoms with Gasteiger partial charge >= 0.3 is 5.97 Å². The molecule has 0 aromatic carbocycles. The summed E-state index contributed by atoms with van der Waals surface area (Å²) in [7, 11) is 3.23. The topological polar surface area (TPSA) is 103 Å². The smallest absolute Gasteiger partial charge is 0.341 e. The van der Waals surface area contributed by atoms with Crippen LogP contribution in [-0.2, 0) is 11.2 Å². The van der Waals surface area contributed by atoms with Crippen molar-refractivity contribution in [2.75, 3.05) is 14.1 Å². The van der Waals surface area contributed by atoms with E-state index >= 15 is 0 Å². The van der Waals surface area contributed by atoms with Crippen molar-refractivity contribution in [2.45, 2.75) is 19.8 Å². The lowest BCUT2D eigenvalue weighted by molar-refractivity contribution is -0.128. The zero-order valence-corrected chi connectivity index (χ0v) is 10.5. The maximum atomic E-state index is 11.5. The molecule has 18 heavy (non-hydrogen) atoms. The first-order valence-electron chi connectivity index (χ1n) is 5.36. The van der Waals surface area contributed by atoms with E-state index in [2.05, 4.69) is 10.2 Å². The molecule has 0 unspecified atom stereocenters. The second-order valence-corrected chi connectivity index (χ2v) is 4.09. The molecular weight excluding hydrogens is 238 g/mol. The summed E-state index contributed by atoms with van der Waals surface area (Å²) in [6, 6.07) is 0. The number of aromatic amines is 1. The highest BCUT2D eigenvalue weighted by Crippen LogP contribution is 2.11. The van der Waals surface area contributed by atoms with Gasteiger partial charge < -0.3 is 10.0 Å². The highest BCUT2D eigenvalue weighted by atomic mass is 16.4. The van der Waals surface area contributed by atoms with Crippen LogP contribution in [0.5, 0.6) is 0 Å². The number of H-pyrrole nitrogens is 1. The first-order chi connectivity index (χ1) is 8.34. The van der Waals surface area contributed by atoms with Crippen molar-refractivity contribution in [1.82, 2.24) is 15.1 Å². The summed E-state index contributed by atoms with van der Waals surface area (Å²) in [5.74, 6) is -1.44. The Morgan fingerprint density at radius 2 is 2.00 bits per heavy atom. The fourth-order valence-electron chi connectivity index (χ4n) is 1.56. The number of nitrogens with one attached hydrogen (secondary N) is 1. The number of aromatic carboxylic acids is 1. The minimum atomic E-state index is -1.31. The van der Waals surface area contributed by atoms with E-state index in [0.717, 1.165) is 0 Å². The van der Waals surface area contributed by atoms with Crippen LogP contribution in [0, 0.1) is 6.92 Å². The number of carboxylic acids is 1. The van der Waals surface area contributed by atoms with Gasteiger partial charge in [0.15, 0.2) is 0 Å². The minimum Gasteiger partial charge on any atom is -0.477 e. The molecule has 1 rings (SSSR count). The van der Waals surface area contributed by atoms with Gasteiger partial charge in [-0.1, -0.05) is 0 Å². The number of nitrogens with zero attached hydrogens (tertiary/aromatic N) is 2. The number of aromatic nitrogens is 2. The number of carbonyl (C=O) groups excluding carboxylic acids is 1. The third-order valence-corrected chi connectivity index (χ3v) is 2.59. The molecule has 0 aliphatic carbocycles. The van der Waals surface area contributed by atoms with E-state index in [4.69, 9.17) is 5.11 Å². The Morgan fingerprint density at radius 1 is 1.39 bits per heavy atom. The lowest BCUT2D eigenvalue weighted by atomic mass is 10.0. The van der Waals surface area contributed by atoms with Gasteiger partial charge in [-0.2, -0.15) is 5.10 Å². The second kappa shape index (κ2) is 5.44. The van der Waals surface area contributed by atoms with Crippen LogP contribution in [0.15, 0.2) is 4.79 Å². The summed E-state index contributed by atoms with van der Waals surface area (Å²) in [4.78, 5) is 35.3. The van der Waals surface area contributed by atoms with Crippen molar-refractivity contribution >= 4 is 11.9 Å². The Kier molecular flexibility index (Phi) is 4.19. The van der Waals surface area contributed by atoms with Crippen LogP contribution in [0.25, 0.3) is 0 Å². The van der Waals surface area contributed by atoms with Crippen LogP contribution in [0.3, 0.4) is 0 Å². The van der Waals surface area contributed by atoms with Gasteiger partial charge in [0.2, 0.25) is 5.91 Å². The van der Waals surface area contributed by atoms with E-state index in [-0.39, 0.29) is 24.3 Å². The zero-order chi connectivity index (χ0) is 13.9. The Bertz CT molecular complexity index is 534. The molecule has 0 aliphatic rings. The Balaban J connectivity index is 3.08. The molecule has 0 saturated carbocycles. The van der Waals surface area contributed by atoms with Crippen molar-refractivity contribution in [1.29, 1.82) is 0 Å². The van der Waals surface area contributed by atoms with E-state index in [1.54, 1.807) is 21.0 Å². The predicted octanol–water partition coefficient (Wildman–Crippen LogP) is -0.203. The average Bonchev–Trinajstić information content (AvgIpc) is 2.28. The minimum absolute atomic E-state index is 0.133. The second-order valence-electron chi connectivity index (χ2n) is 4.09. The van der Waals surface area contributed by atoms with Gasteiger partial charge in [-0.3, -0.25) is 9.59 Å². The summed E-state index contributed by atoms with van der Waals surface area (Å²) in [5.41, 5.74) is -0.366. The van der Waals surface area contributed by atoms with Gasteiger partial charge in [-0.05, 0) is 18.9 Å². The quantitative estimate of drug-likeness (QED) is 0.773. The Labute approximate surface area is 103 Å². The van der Waals surface area contributed by atoms with Gasteiger partial charge in [-0.25, -0.2) is 9.89 Å². The Hall–Kier alpha value is -2.18. The number of carboxylic acid groups (broad SMARTS) is 1. The molecule has 1 amide bonds. The van der Waals surface area contributed by atoms with Gasteiger partial charge in [0.05, 0.1) is 5.69 Å². The van der Waals surface area contributed by atoms with Gasteiger partial charge in [-0.15, -0.1) is 0 Å². The van der Waals surface area contributed by atoms with Crippen LogP contribution in [-0.4, -0.2) is 46.2 Å². The largest absolute Gasteiger partial charge is 0.477 e. The molecule has 0 atom stereocenters. The van der Waals surface area contributed by atoms with E-state index in [0.29, 0.717) is 11.3 Å². The molecule has 0 aliphatic heterocycles. The number of rotatable bonds is 4. The van der Waals surface area contributed by atoms with Crippen molar-refractivity contribution in [3.63, 3.8) is 0 Å². The third kappa shape index (κ3) is 2.93. The van der Waals surface area contributed by atoms with E-state index in [1.165, 1.54) is 4.90 Å². The fraction of sp³-hybridized carbons (Fsp3) is 0.455. The predicted molar refractivity (Wildman–Crippen MR) is 63.6 cm³/mol. The van der Waals surface area contributed by atoms with E-state index < -0.39 is 11.5 Å². The molecule has 1 aromatic rings. The molecule has 1 heterocycles. The molecule has 0 bridgehead atoms. The Morgan fingerprint density at radius 3 is 2.50 bits per heavy atom. The van der Waals surface area contributed by atoms with Crippen molar-refractivity contribution < 1.29 is 14.7 Å². The maximum absolute atomic E-state index is 11.5. The third-order valence-electron chi connectivity index (χ3n) is 2.59. The highest BCUT2D eigenvalue weighted by molar-refractivity contribution is 5.89. The van der Waals surface area contributed by atoms with E-state index in [9.17, 15) is 14.4 Å². The summed E-state index contributed by atoms with van der Waals surface area (Å²) in [6.45, 7) is 1.60. The number of amides is 1. The normalized spacial score (nSPS) is 10.2. The molecule has 0 fully saturated rings. The molecule has 98 valence electrons. The molecule has 2 N–H and O–H groups in total. The van der Waals surface area contributed by atoms with Crippen molar-refractivity contribution in [3.8, 4) is 0 Å².